The molecule has 0 N–H and O–H groups in total. The van der Waals surface area contributed by atoms with Gasteiger partial charge in [0.2, 0.25) is 0 Å². The van der Waals surface area contributed by atoms with Crippen molar-refractivity contribution in [1.29, 1.82) is 0 Å². The van der Waals surface area contributed by atoms with Crippen LogP contribution >= 0.6 is 45.2 Å². The van der Waals surface area contributed by atoms with Crippen LogP contribution in [0.5, 0.6) is 0 Å². The summed E-state index contributed by atoms with van der Waals surface area (Å²) in [6.07, 6.45) is 0. The molecule has 0 spiro atoms. The Balaban J connectivity index is 2.48. The number of halogens is 2. The summed E-state index contributed by atoms with van der Waals surface area (Å²) in [5, 5.41) is 0. The maximum absolute atomic E-state index is 2.46. The quantitative estimate of drug-likeness (QED) is 0.489. The lowest BCUT2D eigenvalue weighted by atomic mass is 9.82. The molecule has 86 valence electrons. The van der Waals surface area contributed by atoms with Gasteiger partial charge in [-0.3, -0.25) is 0 Å². The van der Waals surface area contributed by atoms with E-state index in [9.17, 15) is 0 Å². The van der Waals surface area contributed by atoms with Crippen LogP contribution in [0.2, 0.25) is 0 Å². The van der Waals surface area contributed by atoms with E-state index in [0.29, 0.717) is 0 Å². The zero-order valence-corrected chi connectivity index (χ0v) is 14.0. The van der Waals surface area contributed by atoms with E-state index >= 15 is 0 Å². The molecule has 0 saturated carbocycles. The second-order valence-corrected chi connectivity index (χ2v) is 7.27. The van der Waals surface area contributed by atoms with E-state index in [1.807, 2.05) is 0 Å². The lowest BCUT2D eigenvalue weighted by Crippen LogP contribution is -2.16. The maximum Gasteiger partial charge on any atom is 0.0212 e. The smallest absolute Gasteiger partial charge is 0.0212 e. The Morgan fingerprint density at radius 1 is 0.882 bits per heavy atom. The topological polar surface area (TPSA) is 0 Å². The van der Waals surface area contributed by atoms with Crippen LogP contribution in [0.1, 0.15) is 25.0 Å². The number of rotatable bonds is 0. The predicted molar refractivity (Wildman–Crippen MR) is 89.4 cm³/mol. The van der Waals surface area contributed by atoms with Gasteiger partial charge in [0.25, 0.3) is 0 Å². The molecular formula is C15H12I2. The molecule has 0 heterocycles. The van der Waals surface area contributed by atoms with Crippen LogP contribution in [0.25, 0.3) is 11.1 Å². The molecule has 0 amide bonds. The van der Waals surface area contributed by atoms with Gasteiger partial charge in [-0.05, 0) is 79.6 Å². The van der Waals surface area contributed by atoms with Crippen molar-refractivity contribution >= 4 is 45.2 Å². The highest BCUT2D eigenvalue weighted by molar-refractivity contribution is 14.1. The molecule has 0 bridgehead atoms. The summed E-state index contributed by atoms with van der Waals surface area (Å²) < 4.78 is 2.73. The van der Waals surface area contributed by atoms with Gasteiger partial charge in [0.1, 0.15) is 0 Å². The fourth-order valence-corrected chi connectivity index (χ4v) is 4.78. The fourth-order valence-electron chi connectivity index (χ4n) is 2.82. The molecule has 0 aromatic heterocycles. The predicted octanol–water partition coefficient (Wildman–Crippen LogP) is 5.20. The third-order valence-corrected chi connectivity index (χ3v) is 5.39. The molecule has 1 aliphatic carbocycles. The van der Waals surface area contributed by atoms with Gasteiger partial charge < -0.3 is 0 Å². The number of hydrogen-bond donors (Lipinski definition) is 0. The molecule has 0 radical (unpaired) electrons. The Labute approximate surface area is 129 Å². The summed E-state index contributed by atoms with van der Waals surface area (Å²) in [6, 6.07) is 13.3. The molecule has 0 unspecified atom stereocenters. The third kappa shape index (κ3) is 1.59. The van der Waals surface area contributed by atoms with Crippen molar-refractivity contribution in [2.24, 2.45) is 0 Å². The number of fused-ring (bicyclic) bond motifs is 3. The van der Waals surface area contributed by atoms with E-state index in [-0.39, 0.29) is 5.41 Å². The number of hydrogen-bond acceptors (Lipinski definition) is 0. The van der Waals surface area contributed by atoms with Crippen LogP contribution in [0.3, 0.4) is 0 Å². The second kappa shape index (κ2) is 3.95. The molecule has 0 saturated heterocycles. The van der Waals surface area contributed by atoms with Crippen molar-refractivity contribution in [2.75, 3.05) is 0 Å². The minimum atomic E-state index is 0.129. The zero-order valence-electron chi connectivity index (χ0n) is 9.72. The van der Waals surface area contributed by atoms with Crippen molar-refractivity contribution in [3.05, 3.63) is 54.7 Å². The monoisotopic (exact) mass is 446 g/mol. The van der Waals surface area contributed by atoms with Crippen molar-refractivity contribution in [2.45, 2.75) is 19.3 Å². The molecule has 3 rings (SSSR count). The normalized spacial score (nSPS) is 15.5. The van der Waals surface area contributed by atoms with Crippen LogP contribution in [0.15, 0.2) is 36.4 Å². The molecular weight excluding hydrogens is 434 g/mol. The molecule has 17 heavy (non-hydrogen) atoms. The van der Waals surface area contributed by atoms with E-state index in [2.05, 4.69) is 95.4 Å². The fraction of sp³-hybridized carbons (Fsp3) is 0.200. The Kier molecular flexibility index (Phi) is 2.78. The Morgan fingerprint density at radius 2 is 1.53 bits per heavy atom. The van der Waals surface area contributed by atoms with Gasteiger partial charge in [-0.2, -0.15) is 0 Å². The van der Waals surface area contributed by atoms with E-state index in [1.54, 1.807) is 0 Å². The molecule has 0 atom stereocenters. The highest BCUT2D eigenvalue weighted by Gasteiger charge is 2.37. The molecule has 0 aliphatic heterocycles. The summed E-state index contributed by atoms with van der Waals surface area (Å²) in [6.45, 7) is 4.66. The van der Waals surface area contributed by atoms with Crippen LogP contribution in [0, 0.1) is 7.14 Å². The summed E-state index contributed by atoms with van der Waals surface area (Å²) >= 11 is 4.91. The van der Waals surface area contributed by atoms with E-state index < -0.39 is 0 Å². The Hall–Kier alpha value is -0.100. The standard InChI is InChI=1S/C15H12I2/c1-15(2)10-6-4-7-11(16)13(10)9-5-3-8-12(17)14(9)15/h3-8H,1-2H3. The van der Waals surface area contributed by atoms with Gasteiger partial charge in [0, 0.05) is 12.6 Å². The summed E-state index contributed by atoms with van der Waals surface area (Å²) in [7, 11) is 0. The van der Waals surface area contributed by atoms with Gasteiger partial charge in [0.05, 0.1) is 0 Å². The average molecular weight is 446 g/mol. The summed E-state index contributed by atoms with van der Waals surface area (Å²) in [4.78, 5) is 0. The molecule has 0 fully saturated rings. The van der Waals surface area contributed by atoms with E-state index in [1.165, 1.54) is 29.4 Å². The van der Waals surface area contributed by atoms with Crippen LogP contribution < -0.4 is 0 Å². The van der Waals surface area contributed by atoms with E-state index in [0.717, 1.165) is 0 Å². The first-order valence-electron chi connectivity index (χ1n) is 5.62. The summed E-state index contributed by atoms with van der Waals surface area (Å²) in [5.74, 6) is 0. The van der Waals surface area contributed by atoms with Gasteiger partial charge in [-0.25, -0.2) is 0 Å². The van der Waals surface area contributed by atoms with Gasteiger partial charge in [-0.1, -0.05) is 38.1 Å². The van der Waals surface area contributed by atoms with E-state index in [4.69, 9.17) is 0 Å². The largest absolute Gasteiger partial charge is 0.0609 e. The van der Waals surface area contributed by atoms with Gasteiger partial charge >= 0.3 is 0 Å². The van der Waals surface area contributed by atoms with Crippen LogP contribution in [-0.4, -0.2) is 0 Å². The minimum absolute atomic E-state index is 0.129. The first-order valence-corrected chi connectivity index (χ1v) is 7.77. The maximum atomic E-state index is 2.46. The van der Waals surface area contributed by atoms with Crippen molar-refractivity contribution in [3.8, 4) is 11.1 Å². The molecule has 2 heteroatoms. The highest BCUT2D eigenvalue weighted by atomic mass is 127. The highest BCUT2D eigenvalue weighted by Crippen LogP contribution is 2.51. The van der Waals surface area contributed by atoms with Crippen molar-refractivity contribution in [1.82, 2.24) is 0 Å². The average Bonchev–Trinajstić information content (AvgIpc) is 2.50. The molecule has 0 nitrogen and oxygen atoms in total. The van der Waals surface area contributed by atoms with Crippen LogP contribution in [0.4, 0.5) is 0 Å². The van der Waals surface area contributed by atoms with Crippen molar-refractivity contribution < 1.29 is 0 Å². The van der Waals surface area contributed by atoms with Crippen LogP contribution in [-0.2, 0) is 5.41 Å². The molecule has 2 aromatic rings. The zero-order chi connectivity index (χ0) is 12.2. The SMILES string of the molecule is CC1(C)c2cccc(I)c2-c2cccc(I)c21. The second-order valence-electron chi connectivity index (χ2n) is 4.95. The first kappa shape index (κ1) is 12.0. The van der Waals surface area contributed by atoms with Crippen molar-refractivity contribution in [3.63, 3.8) is 0 Å². The molecule has 1 aliphatic rings. The summed E-state index contributed by atoms with van der Waals surface area (Å²) in [5.41, 5.74) is 5.93. The third-order valence-electron chi connectivity index (χ3n) is 3.59. The minimum Gasteiger partial charge on any atom is -0.0609 e. The number of benzene rings is 2. The van der Waals surface area contributed by atoms with Gasteiger partial charge in [0.15, 0.2) is 0 Å². The lowest BCUT2D eigenvalue weighted by Gasteiger charge is -2.22. The Bertz CT molecular complexity index is 612. The Morgan fingerprint density at radius 3 is 2.29 bits per heavy atom. The first-order chi connectivity index (χ1) is 8.03. The van der Waals surface area contributed by atoms with Gasteiger partial charge in [-0.15, -0.1) is 0 Å². The lowest BCUT2D eigenvalue weighted by molar-refractivity contribution is 0.656. The molecule has 2 aromatic carbocycles.